The summed E-state index contributed by atoms with van der Waals surface area (Å²) < 4.78 is 0. The van der Waals surface area contributed by atoms with E-state index < -0.39 is 0 Å². The number of carbonyl (C=O) groups excluding carboxylic acids is 2. The average Bonchev–Trinajstić information content (AvgIpc) is 3.13. The van der Waals surface area contributed by atoms with Gasteiger partial charge in [-0.05, 0) is 55.7 Å². The quantitative estimate of drug-likeness (QED) is 0.706. The van der Waals surface area contributed by atoms with Crippen molar-refractivity contribution in [2.24, 2.45) is 0 Å². The zero-order valence-corrected chi connectivity index (χ0v) is 16.7. The molecule has 0 aliphatic carbocycles. The van der Waals surface area contributed by atoms with E-state index in [1.54, 1.807) is 23.2 Å². The Morgan fingerprint density at radius 1 is 1.14 bits per heavy atom. The van der Waals surface area contributed by atoms with Gasteiger partial charge in [0.05, 0.1) is 0 Å². The molecule has 0 atom stereocenters. The number of amides is 2. The maximum Gasteiger partial charge on any atom is 0.255 e. The minimum Gasteiger partial charge on any atom is -0.322 e. The Balaban J connectivity index is 1.50. The molecule has 1 aliphatic heterocycles. The minimum atomic E-state index is -0.152. The summed E-state index contributed by atoms with van der Waals surface area (Å²) in [5.41, 5.74) is 5.38. The molecular formula is C22H21N3O2S. The maximum absolute atomic E-state index is 12.6. The van der Waals surface area contributed by atoms with Gasteiger partial charge in [-0.3, -0.25) is 9.59 Å². The third-order valence-corrected chi connectivity index (χ3v) is 5.86. The van der Waals surface area contributed by atoms with E-state index in [0.29, 0.717) is 5.56 Å². The second-order valence-electron chi connectivity index (χ2n) is 6.94. The van der Waals surface area contributed by atoms with Crippen LogP contribution in [0.15, 0.2) is 47.8 Å². The van der Waals surface area contributed by atoms with Crippen molar-refractivity contribution in [1.29, 1.82) is 0 Å². The SMILES string of the molecule is CC(=O)N1CCCc2cc(NC(=O)c3ccc(-c4nc(C)cs4)cc3)ccc21. The Labute approximate surface area is 168 Å². The van der Waals surface area contributed by atoms with Crippen LogP contribution in [0.3, 0.4) is 0 Å². The number of rotatable bonds is 3. The second-order valence-corrected chi connectivity index (χ2v) is 7.80. The second kappa shape index (κ2) is 7.56. The van der Waals surface area contributed by atoms with Gasteiger partial charge in [0, 0.05) is 47.0 Å². The molecule has 3 aromatic rings. The first-order valence-electron chi connectivity index (χ1n) is 9.26. The Hall–Kier alpha value is -2.99. The van der Waals surface area contributed by atoms with E-state index in [0.717, 1.165) is 52.6 Å². The highest BCUT2D eigenvalue weighted by atomic mass is 32.1. The highest BCUT2D eigenvalue weighted by Gasteiger charge is 2.20. The molecule has 0 saturated heterocycles. The fourth-order valence-electron chi connectivity index (χ4n) is 3.46. The highest BCUT2D eigenvalue weighted by Crippen LogP contribution is 2.30. The van der Waals surface area contributed by atoms with E-state index in [1.165, 1.54) is 0 Å². The van der Waals surface area contributed by atoms with Crippen molar-refractivity contribution in [2.45, 2.75) is 26.7 Å². The summed E-state index contributed by atoms with van der Waals surface area (Å²) in [7, 11) is 0. The molecular weight excluding hydrogens is 370 g/mol. The van der Waals surface area contributed by atoms with Gasteiger partial charge in [0.15, 0.2) is 0 Å². The first kappa shape index (κ1) is 18.4. The highest BCUT2D eigenvalue weighted by molar-refractivity contribution is 7.13. The monoisotopic (exact) mass is 391 g/mol. The van der Waals surface area contributed by atoms with Gasteiger partial charge in [-0.25, -0.2) is 4.98 Å². The zero-order chi connectivity index (χ0) is 19.7. The van der Waals surface area contributed by atoms with Crippen molar-refractivity contribution >= 4 is 34.5 Å². The van der Waals surface area contributed by atoms with E-state index in [2.05, 4.69) is 10.3 Å². The number of aromatic nitrogens is 1. The molecule has 0 radical (unpaired) electrons. The molecule has 2 heterocycles. The van der Waals surface area contributed by atoms with Crippen LogP contribution in [0.4, 0.5) is 11.4 Å². The zero-order valence-electron chi connectivity index (χ0n) is 15.9. The van der Waals surface area contributed by atoms with E-state index in [1.807, 2.05) is 54.8 Å². The third-order valence-electron chi connectivity index (χ3n) is 4.85. The summed E-state index contributed by atoms with van der Waals surface area (Å²) >= 11 is 1.60. The molecule has 1 aliphatic rings. The Bertz CT molecular complexity index is 1040. The van der Waals surface area contributed by atoms with Crippen molar-refractivity contribution in [3.63, 3.8) is 0 Å². The molecule has 1 N–H and O–H groups in total. The number of hydrogen-bond acceptors (Lipinski definition) is 4. The number of fused-ring (bicyclic) bond motifs is 1. The van der Waals surface area contributed by atoms with Crippen molar-refractivity contribution in [1.82, 2.24) is 4.98 Å². The normalized spacial score (nSPS) is 13.1. The first-order chi connectivity index (χ1) is 13.5. The van der Waals surface area contributed by atoms with Crippen LogP contribution >= 0.6 is 11.3 Å². The lowest BCUT2D eigenvalue weighted by atomic mass is 10.0. The summed E-state index contributed by atoms with van der Waals surface area (Å²) in [5.74, 6) is -0.102. The van der Waals surface area contributed by atoms with Crippen LogP contribution in [0.2, 0.25) is 0 Å². The number of thiazole rings is 1. The van der Waals surface area contributed by atoms with Gasteiger partial charge in [-0.15, -0.1) is 11.3 Å². The smallest absolute Gasteiger partial charge is 0.255 e. The van der Waals surface area contributed by atoms with Crippen molar-refractivity contribution in [3.05, 3.63) is 64.7 Å². The number of hydrogen-bond donors (Lipinski definition) is 1. The number of nitrogens with zero attached hydrogens (tertiary/aromatic N) is 2. The molecule has 2 amide bonds. The van der Waals surface area contributed by atoms with Gasteiger partial charge >= 0.3 is 0 Å². The average molecular weight is 391 g/mol. The van der Waals surface area contributed by atoms with Crippen LogP contribution in [0.5, 0.6) is 0 Å². The molecule has 0 spiro atoms. The molecule has 142 valence electrons. The predicted octanol–water partition coefficient (Wildman–Crippen LogP) is 4.67. The summed E-state index contributed by atoms with van der Waals surface area (Å²) in [6.07, 6.45) is 1.84. The molecule has 1 aromatic heterocycles. The largest absolute Gasteiger partial charge is 0.322 e. The lowest BCUT2D eigenvalue weighted by Gasteiger charge is -2.29. The fourth-order valence-corrected chi connectivity index (χ4v) is 4.26. The lowest BCUT2D eigenvalue weighted by Crippen LogP contribution is -2.33. The van der Waals surface area contributed by atoms with Crippen molar-refractivity contribution < 1.29 is 9.59 Å². The first-order valence-corrected chi connectivity index (χ1v) is 10.1. The molecule has 5 nitrogen and oxygen atoms in total. The van der Waals surface area contributed by atoms with Crippen LogP contribution < -0.4 is 10.2 Å². The molecule has 6 heteroatoms. The Kier molecular flexibility index (Phi) is 4.96. The fraction of sp³-hybridized carbons (Fsp3) is 0.227. The van der Waals surface area contributed by atoms with Crippen LogP contribution in [0, 0.1) is 6.92 Å². The van der Waals surface area contributed by atoms with Crippen molar-refractivity contribution in [2.75, 3.05) is 16.8 Å². The molecule has 0 bridgehead atoms. The summed E-state index contributed by atoms with van der Waals surface area (Å²) in [6.45, 7) is 4.30. The number of aryl methyl sites for hydroxylation is 2. The van der Waals surface area contributed by atoms with Gasteiger partial charge in [-0.1, -0.05) is 12.1 Å². The van der Waals surface area contributed by atoms with Crippen LogP contribution in [-0.4, -0.2) is 23.3 Å². The molecule has 0 fully saturated rings. The van der Waals surface area contributed by atoms with Gasteiger partial charge in [-0.2, -0.15) is 0 Å². The number of carbonyl (C=O) groups is 2. The molecule has 28 heavy (non-hydrogen) atoms. The number of benzene rings is 2. The Morgan fingerprint density at radius 2 is 1.93 bits per heavy atom. The van der Waals surface area contributed by atoms with Gasteiger partial charge in [0.2, 0.25) is 5.91 Å². The maximum atomic E-state index is 12.6. The topological polar surface area (TPSA) is 62.3 Å². The standard InChI is InChI=1S/C22H21N3O2S/c1-14-13-28-22(23-14)17-7-5-16(6-8-17)21(27)24-19-9-10-20-18(12-19)4-3-11-25(20)15(2)26/h5-10,12-13H,3-4,11H2,1-2H3,(H,24,27). The van der Waals surface area contributed by atoms with Gasteiger partial charge in [0.25, 0.3) is 5.91 Å². The van der Waals surface area contributed by atoms with Crippen LogP contribution in [0.25, 0.3) is 10.6 Å². The van der Waals surface area contributed by atoms with E-state index in [4.69, 9.17) is 0 Å². The molecule has 2 aromatic carbocycles. The predicted molar refractivity (Wildman–Crippen MR) is 113 cm³/mol. The van der Waals surface area contributed by atoms with E-state index >= 15 is 0 Å². The van der Waals surface area contributed by atoms with Gasteiger partial charge in [0.1, 0.15) is 5.01 Å². The van der Waals surface area contributed by atoms with Crippen LogP contribution in [-0.2, 0) is 11.2 Å². The lowest BCUT2D eigenvalue weighted by molar-refractivity contribution is -0.116. The summed E-state index contributed by atoms with van der Waals surface area (Å²) in [5, 5.41) is 5.93. The van der Waals surface area contributed by atoms with Crippen LogP contribution in [0.1, 0.15) is 35.0 Å². The third kappa shape index (κ3) is 3.68. The molecule has 0 unspecified atom stereocenters. The van der Waals surface area contributed by atoms with Crippen molar-refractivity contribution in [3.8, 4) is 10.6 Å². The summed E-state index contributed by atoms with van der Waals surface area (Å²) in [4.78, 5) is 30.7. The number of anilines is 2. The molecule has 4 rings (SSSR count). The molecule has 0 saturated carbocycles. The number of nitrogens with one attached hydrogen (secondary N) is 1. The van der Waals surface area contributed by atoms with E-state index in [9.17, 15) is 9.59 Å². The summed E-state index contributed by atoms with van der Waals surface area (Å²) in [6, 6.07) is 13.2. The van der Waals surface area contributed by atoms with E-state index in [-0.39, 0.29) is 11.8 Å². The minimum absolute atomic E-state index is 0.0493. The van der Waals surface area contributed by atoms with Gasteiger partial charge < -0.3 is 10.2 Å². The Morgan fingerprint density at radius 3 is 2.61 bits per heavy atom.